The monoisotopic (exact) mass is 412 g/mol. The van der Waals surface area contributed by atoms with Crippen LogP contribution in [0.4, 0.5) is 11.6 Å². The first-order chi connectivity index (χ1) is 8.33. The van der Waals surface area contributed by atoms with Crippen LogP contribution in [0.5, 0.6) is 0 Å². The molecule has 0 aliphatic carbocycles. The van der Waals surface area contributed by atoms with E-state index >= 15 is 0 Å². The fraction of sp³-hybridized carbons (Fsp3) is 0.600. The standard InChI is InChI=1S/C10H14BrIN4O/c11-8-9(13-2-1-12)14-7-15-10(8)16-3-5-17-6-4-16/h7H,1-6H2,(H,13,14,15). The summed E-state index contributed by atoms with van der Waals surface area (Å²) in [6.45, 7) is 4.17. The van der Waals surface area contributed by atoms with Crippen LogP contribution in [0, 0.1) is 0 Å². The Bertz CT molecular complexity index is 373. The van der Waals surface area contributed by atoms with Crippen molar-refractivity contribution in [3.05, 3.63) is 10.8 Å². The number of anilines is 2. The van der Waals surface area contributed by atoms with E-state index in [4.69, 9.17) is 4.74 Å². The van der Waals surface area contributed by atoms with Crippen molar-refractivity contribution in [2.45, 2.75) is 0 Å². The number of ether oxygens (including phenoxy) is 1. The van der Waals surface area contributed by atoms with Crippen LogP contribution in [0.3, 0.4) is 0 Å². The average molecular weight is 413 g/mol. The van der Waals surface area contributed by atoms with Gasteiger partial charge in [-0.25, -0.2) is 9.97 Å². The van der Waals surface area contributed by atoms with E-state index in [1.54, 1.807) is 6.33 Å². The number of hydrogen-bond acceptors (Lipinski definition) is 5. The Morgan fingerprint density at radius 2 is 2.18 bits per heavy atom. The Kier molecular flexibility index (Phi) is 5.23. The summed E-state index contributed by atoms with van der Waals surface area (Å²) in [6, 6.07) is 0. The highest BCUT2D eigenvalue weighted by atomic mass is 127. The highest BCUT2D eigenvalue weighted by molar-refractivity contribution is 14.1. The maximum Gasteiger partial charge on any atom is 0.148 e. The minimum Gasteiger partial charge on any atom is -0.378 e. The first-order valence-corrected chi connectivity index (χ1v) is 7.78. The summed E-state index contributed by atoms with van der Waals surface area (Å²) in [7, 11) is 0. The molecular weight excluding hydrogens is 399 g/mol. The van der Waals surface area contributed by atoms with E-state index in [2.05, 4.69) is 58.7 Å². The summed E-state index contributed by atoms with van der Waals surface area (Å²) in [5, 5.41) is 3.28. The van der Waals surface area contributed by atoms with Gasteiger partial charge in [-0.15, -0.1) is 0 Å². The van der Waals surface area contributed by atoms with Gasteiger partial charge in [0.15, 0.2) is 0 Å². The number of nitrogens with one attached hydrogen (secondary N) is 1. The van der Waals surface area contributed by atoms with Gasteiger partial charge in [0, 0.05) is 24.1 Å². The highest BCUT2D eigenvalue weighted by Gasteiger charge is 2.17. The normalized spacial score (nSPS) is 16.0. The Balaban J connectivity index is 2.15. The summed E-state index contributed by atoms with van der Waals surface area (Å²) in [6.07, 6.45) is 1.60. The largest absolute Gasteiger partial charge is 0.378 e. The predicted octanol–water partition coefficient (Wildman–Crippen LogP) is 1.92. The van der Waals surface area contributed by atoms with E-state index in [9.17, 15) is 0 Å². The summed E-state index contributed by atoms with van der Waals surface area (Å²) in [4.78, 5) is 10.8. The molecule has 2 rings (SSSR count). The van der Waals surface area contributed by atoms with Crippen LogP contribution >= 0.6 is 38.5 Å². The lowest BCUT2D eigenvalue weighted by molar-refractivity contribution is 0.122. The van der Waals surface area contributed by atoms with Crippen molar-refractivity contribution in [3.8, 4) is 0 Å². The first-order valence-electron chi connectivity index (χ1n) is 5.46. The molecule has 0 saturated carbocycles. The Hall–Kier alpha value is -0.150. The van der Waals surface area contributed by atoms with Crippen molar-refractivity contribution in [2.24, 2.45) is 0 Å². The Morgan fingerprint density at radius 1 is 1.41 bits per heavy atom. The second-order valence-electron chi connectivity index (χ2n) is 3.58. The average Bonchev–Trinajstić information content (AvgIpc) is 2.39. The maximum absolute atomic E-state index is 5.34. The molecule has 0 unspecified atom stereocenters. The van der Waals surface area contributed by atoms with Crippen molar-refractivity contribution in [1.29, 1.82) is 0 Å². The van der Waals surface area contributed by atoms with E-state index in [1.165, 1.54) is 0 Å². The van der Waals surface area contributed by atoms with E-state index < -0.39 is 0 Å². The molecule has 0 amide bonds. The van der Waals surface area contributed by atoms with Gasteiger partial charge in [0.05, 0.1) is 13.2 Å². The fourth-order valence-electron chi connectivity index (χ4n) is 1.65. The van der Waals surface area contributed by atoms with Crippen LogP contribution in [-0.4, -0.2) is 47.2 Å². The topological polar surface area (TPSA) is 50.3 Å². The lowest BCUT2D eigenvalue weighted by Crippen LogP contribution is -2.37. The van der Waals surface area contributed by atoms with Gasteiger partial charge >= 0.3 is 0 Å². The molecule has 1 aliphatic rings. The number of morpholine rings is 1. The third-order valence-electron chi connectivity index (χ3n) is 2.47. The van der Waals surface area contributed by atoms with Gasteiger partial charge in [-0.3, -0.25) is 0 Å². The SMILES string of the molecule is Brc1c(NCCI)ncnc1N1CCOCC1. The molecule has 1 aromatic heterocycles. The van der Waals surface area contributed by atoms with Gasteiger partial charge in [0.2, 0.25) is 0 Å². The molecule has 17 heavy (non-hydrogen) atoms. The second kappa shape index (κ2) is 6.69. The number of aromatic nitrogens is 2. The lowest BCUT2D eigenvalue weighted by Gasteiger charge is -2.28. The van der Waals surface area contributed by atoms with Crippen LogP contribution in [0.15, 0.2) is 10.8 Å². The molecule has 1 fully saturated rings. The summed E-state index contributed by atoms with van der Waals surface area (Å²) < 4.78 is 7.32. The third kappa shape index (κ3) is 3.41. The molecule has 94 valence electrons. The zero-order valence-electron chi connectivity index (χ0n) is 9.33. The Labute approximate surface area is 123 Å². The van der Waals surface area contributed by atoms with Gasteiger partial charge in [-0.05, 0) is 15.9 Å². The van der Waals surface area contributed by atoms with Crippen LogP contribution in [0.1, 0.15) is 0 Å². The van der Waals surface area contributed by atoms with Gasteiger partial charge in [-0.1, -0.05) is 22.6 Å². The number of rotatable bonds is 4. The van der Waals surface area contributed by atoms with Crippen LogP contribution < -0.4 is 10.2 Å². The molecule has 0 radical (unpaired) electrons. The van der Waals surface area contributed by atoms with Gasteiger partial charge in [0.1, 0.15) is 22.4 Å². The van der Waals surface area contributed by atoms with E-state index in [-0.39, 0.29) is 0 Å². The highest BCUT2D eigenvalue weighted by Crippen LogP contribution is 2.29. The maximum atomic E-state index is 5.34. The molecule has 1 N–H and O–H groups in total. The van der Waals surface area contributed by atoms with Crippen molar-refractivity contribution in [1.82, 2.24) is 9.97 Å². The Morgan fingerprint density at radius 3 is 2.88 bits per heavy atom. The molecule has 2 heterocycles. The van der Waals surface area contributed by atoms with Crippen LogP contribution in [0.25, 0.3) is 0 Å². The minimum atomic E-state index is 0.757. The molecular formula is C10H14BrIN4O. The molecule has 1 saturated heterocycles. The van der Waals surface area contributed by atoms with E-state index in [0.29, 0.717) is 0 Å². The van der Waals surface area contributed by atoms with Gasteiger partial charge in [-0.2, -0.15) is 0 Å². The molecule has 1 aromatic rings. The van der Waals surface area contributed by atoms with Crippen LogP contribution in [-0.2, 0) is 4.74 Å². The quantitative estimate of drug-likeness (QED) is 0.604. The number of alkyl halides is 1. The van der Waals surface area contributed by atoms with E-state index in [0.717, 1.165) is 53.4 Å². The number of hydrogen-bond donors (Lipinski definition) is 1. The zero-order chi connectivity index (χ0) is 12.1. The van der Waals surface area contributed by atoms with Gasteiger partial charge < -0.3 is 15.0 Å². The third-order valence-corrected chi connectivity index (χ3v) is 3.74. The van der Waals surface area contributed by atoms with E-state index in [1.807, 2.05) is 0 Å². The molecule has 0 atom stereocenters. The molecule has 5 nitrogen and oxygen atoms in total. The van der Waals surface area contributed by atoms with Crippen molar-refractivity contribution < 1.29 is 4.74 Å². The smallest absolute Gasteiger partial charge is 0.148 e. The van der Waals surface area contributed by atoms with Crippen molar-refractivity contribution >= 4 is 50.2 Å². The lowest BCUT2D eigenvalue weighted by atomic mass is 10.4. The molecule has 0 bridgehead atoms. The molecule has 0 aromatic carbocycles. The first kappa shape index (κ1) is 13.3. The van der Waals surface area contributed by atoms with Crippen molar-refractivity contribution in [2.75, 3.05) is 47.5 Å². The fourth-order valence-corrected chi connectivity index (χ4v) is 2.51. The van der Waals surface area contributed by atoms with Gasteiger partial charge in [0.25, 0.3) is 0 Å². The minimum absolute atomic E-state index is 0.757. The molecule has 7 heteroatoms. The second-order valence-corrected chi connectivity index (χ2v) is 5.45. The number of nitrogens with zero attached hydrogens (tertiary/aromatic N) is 3. The summed E-state index contributed by atoms with van der Waals surface area (Å²) in [5.41, 5.74) is 0. The van der Waals surface area contributed by atoms with Crippen LogP contribution in [0.2, 0.25) is 0 Å². The number of halogens is 2. The van der Waals surface area contributed by atoms with Crippen molar-refractivity contribution in [3.63, 3.8) is 0 Å². The molecule has 0 spiro atoms. The summed E-state index contributed by atoms with van der Waals surface area (Å²) in [5.74, 6) is 1.80. The zero-order valence-corrected chi connectivity index (χ0v) is 13.1. The summed E-state index contributed by atoms with van der Waals surface area (Å²) >= 11 is 5.90. The predicted molar refractivity (Wildman–Crippen MR) is 80.1 cm³/mol. The molecule has 1 aliphatic heterocycles.